The third kappa shape index (κ3) is 2.67. The van der Waals surface area contributed by atoms with Crippen molar-refractivity contribution < 1.29 is 4.74 Å². The first-order valence-corrected chi connectivity index (χ1v) is 6.99. The molecule has 0 fully saturated rings. The van der Waals surface area contributed by atoms with Crippen LogP contribution in [0.4, 0.5) is 0 Å². The van der Waals surface area contributed by atoms with Crippen LogP contribution in [0, 0.1) is 20.8 Å². The van der Waals surface area contributed by atoms with Gasteiger partial charge in [0.2, 0.25) is 0 Å². The monoisotopic (exact) mass is 289 g/mol. The Balaban J connectivity index is 2.53. The zero-order valence-corrected chi connectivity index (χ0v) is 13.1. The van der Waals surface area contributed by atoms with Crippen molar-refractivity contribution in [3.63, 3.8) is 0 Å². The molecule has 0 radical (unpaired) electrons. The number of benzene rings is 2. The predicted octanol–water partition coefficient (Wildman–Crippen LogP) is 4.32. The van der Waals surface area contributed by atoms with E-state index in [0.29, 0.717) is 5.02 Å². The molecule has 0 saturated carbocycles. The van der Waals surface area contributed by atoms with E-state index in [1.165, 1.54) is 5.56 Å². The number of methoxy groups -OCH3 is 1. The highest BCUT2D eigenvalue weighted by molar-refractivity contribution is 6.31. The van der Waals surface area contributed by atoms with Crippen molar-refractivity contribution in [2.75, 3.05) is 7.11 Å². The van der Waals surface area contributed by atoms with Crippen LogP contribution in [0.1, 0.15) is 33.9 Å². The van der Waals surface area contributed by atoms with Gasteiger partial charge in [-0.05, 0) is 49.1 Å². The van der Waals surface area contributed by atoms with E-state index in [-0.39, 0.29) is 6.04 Å². The summed E-state index contributed by atoms with van der Waals surface area (Å²) < 4.78 is 5.54. The second-order valence-electron chi connectivity index (χ2n) is 5.13. The van der Waals surface area contributed by atoms with Gasteiger partial charge in [-0.2, -0.15) is 0 Å². The van der Waals surface area contributed by atoms with Crippen LogP contribution in [0.25, 0.3) is 0 Å². The molecular weight excluding hydrogens is 270 g/mol. The van der Waals surface area contributed by atoms with Gasteiger partial charge in [0.05, 0.1) is 13.2 Å². The molecule has 0 aliphatic rings. The Hall–Kier alpha value is -1.51. The van der Waals surface area contributed by atoms with Gasteiger partial charge >= 0.3 is 0 Å². The van der Waals surface area contributed by atoms with Crippen LogP contribution in [0.3, 0.4) is 0 Å². The average Bonchev–Trinajstić information content (AvgIpc) is 2.41. The maximum absolute atomic E-state index is 6.40. The molecule has 0 bridgehead atoms. The molecule has 0 saturated heterocycles. The Labute approximate surface area is 125 Å². The van der Waals surface area contributed by atoms with E-state index >= 15 is 0 Å². The van der Waals surface area contributed by atoms with E-state index < -0.39 is 0 Å². The fraction of sp³-hybridized carbons (Fsp3) is 0.294. The SMILES string of the molecule is COc1c(C(N)c2ccc(C)cc2Cl)ccc(C)c1C. The first kappa shape index (κ1) is 14.9. The quantitative estimate of drug-likeness (QED) is 0.913. The third-order valence-electron chi connectivity index (χ3n) is 3.74. The van der Waals surface area contributed by atoms with Gasteiger partial charge < -0.3 is 10.5 Å². The highest BCUT2D eigenvalue weighted by atomic mass is 35.5. The second kappa shape index (κ2) is 5.86. The molecule has 0 amide bonds. The average molecular weight is 290 g/mol. The number of rotatable bonds is 3. The van der Waals surface area contributed by atoms with Crippen molar-refractivity contribution in [3.05, 3.63) is 63.2 Å². The van der Waals surface area contributed by atoms with Gasteiger partial charge in [0.1, 0.15) is 5.75 Å². The molecular formula is C17H20ClNO. The van der Waals surface area contributed by atoms with E-state index in [2.05, 4.69) is 13.0 Å². The number of hydrogen-bond acceptors (Lipinski definition) is 2. The Morgan fingerprint density at radius 3 is 2.30 bits per heavy atom. The van der Waals surface area contributed by atoms with Gasteiger partial charge in [0, 0.05) is 10.6 Å². The second-order valence-corrected chi connectivity index (χ2v) is 5.54. The molecule has 0 aliphatic heterocycles. The van der Waals surface area contributed by atoms with Crippen LogP contribution in [0.15, 0.2) is 30.3 Å². The topological polar surface area (TPSA) is 35.2 Å². The molecule has 2 aromatic rings. The maximum Gasteiger partial charge on any atom is 0.127 e. The lowest BCUT2D eigenvalue weighted by atomic mass is 9.94. The number of nitrogens with two attached hydrogens (primary N) is 1. The summed E-state index contributed by atoms with van der Waals surface area (Å²) in [5.74, 6) is 0.842. The minimum atomic E-state index is -0.294. The summed E-state index contributed by atoms with van der Waals surface area (Å²) in [6, 6.07) is 9.73. The minimum Gasteiger partial charge on any atom is -0.496 e. The minimum absolute atomic E-state index is 0.294. The predicted molar refractivity (Wildman–Crippen MR) is 84.7 cm³/mol. The fourth-order valence-corrected chi connectivity index (χ4v) is 2.73. The summed E-state index contributed by atoms with van der Waals surface area (Å²) in [7, 11) is 1.68. The van der Waals surface area contributed by atoms with E-state index in [0.717, 1.165) is 28.0 Å². The summed E-state index contributed by atoms with van der Waals surface area (Å²) in [6.45, 7) is 6.12. The van der Waals surface area contributed by atoms with Crippen molar-refractivity contribution in [2.45, 2.75) is 26.8 Å². The van der Waals surface area contributed by atoms with Crippen LogP contribution < -0.4 is 10.5 Å². The zero-order valence-electron chi connectivity index (χ0n) is 12.3. The molecule has 20 heavy (non-hydrogen) atoms. The highest BCUT2D eigenvalue weighted by Gasteiger charge is 2.18. The zero-order chi connectivity index (χ0) is 14.9. The third-order valence-corrected chi connectivity index (χ3v) is 4.06. The van der Waals surface area contributed by atoms with Crippen molar-refractivity contribution in [3.8, 4) is 5.75 Å². The van der Waals surface area contributed by atoms with Crippen molar-refractivity contribution >= 4 is 11.6 Å². The van der Waals surface area contributed by atoms with Crippen LogP contribution in [-0.4, -0.2) is 7.11 Å². The maximum atomic E-state index is 6.40. The smallest absolute Gasteiger partial charge is 0.127 e. The van der Waals surface area contributed by atoms with Gasteiger partial charge in [-0.15, -0.1) is 0 Å². The lowest BCUT2D eigenvalue weighted by molar-refractivity contribution is 0.404. The van der Waals surface area contributed by atoms with Crippen LogP contribution in [-0.2, 0) is 0 Å². The summed E-state index contributed by atoms with van der Waals surface area (Å²) in [5.41, 5.74) is 11.7. The molecule has 2 rings (SSSR count). The van der Waals surface area contributed by atoms with Gasteiger partial charge in [0.25, 0.3) is 0 Å². The van der Waals surface area contributed by atoms with Crippen LogP contribution in [0.5, 0.6) is 5.75 Å². The Morgan fingerprint density at radius 1 is 1.05 bits per heavy atom. The van der Waals surface area contributed by atoms with Gasteiger partial charge in [-0.25, -0.2) is 0 Å². The Morgan fingerprint density at radius 2 is 1.70 bits per heavy atom. The van der Waals surface area contributed by atoms with E-state index in [1.807, 2.05) is 38.1 Å². The fourth-order valence-electron chi connectivity index (χ4n) is 2.38. The molecule has 106 valence electrons. The van der Waals surface area contributed by atoms with E-state index in [4.69, 9.17) is 22.1 Å². The molecule has 3 heteroatoms. The van der Waals surface area contributed by atoms with Crippen molar-refractivity contribution in [2.24, 2.45) is 5.73 Å². The highest BCUT2D eigenvalue weighted by Crippen LogP contribution is 2.35. The van der Waals surface area contributed by atoms with Gasteiger partial charge in [-0.3, -0.25) is 0 Å². The van der Waals surface area contributed by atoms with Gasteiger partial charge in [0.15, 0.2) is 0 Å². The first-order valence-electron chi connectivity index (χ1n) is 6.61. The van der Waals surface area contributed by atoms with E-state index in [9.17, 15) is 0 Å². The normalized spacial score (nSPS) is 12.3. The summed E-state index contributed by atoms with van der Waals surface area (Å²) in [4.78, 5) is 0. The molecule has 2 aromatic carbocycles. The van der Waals surface area contributed by atoms with Crippen molar-refractivity contribution in [1.82, 2.24) is 0 Å². The molecule has 1 unspecified atom stereocenters. The lowest BCUT2D eigenvalue weighted by Gasteiger charge is -2.20. The Bertz CT molecular complexity index is 637. The molecule has 0 aromatic heterocycles. The molecule has 0 spiro atoms. The standard InChI is InChI=1S/C17H20ClNO/c1-10-5-7-13(15(18)9-10)16(19)14-8-6-11(2)12(3)17(14)20-4/h5-9,16H,19H2,1-4H3. The van der Waals surface area contributed by atoms with Crippen LogP contribution in [0.2, 0.25) is 5.02 Å². The summed E-state index contributed by atoms with van der Waals surface area (Å²) in [5, 5.41) is 0.692. The molecule has 0 heterocycles. The number of aryl methyl sites for hydroxylation is 2. The molecule has 2 nitrogen and oxygen atoms in total. The van der Waals surface area contributed by atoms with Gasteiger partial charge in [-0.1, -0.05) is 35.9 Å². The van der Waals surface area contributed by atoms with E-state index in [1.54, 1.807) is 7.11 Å². The van der Waals surface area contributed by atoms with Crippen LogP contribution >= 0.6 is 11.6 Å². The number of hydrogen-bond donors (Lipinski definition) is 1. The Kier molecular flexibility index (Phi) is 4.36. The summed E-state index contributed by atoms with van der Waals surface area (Å²) in [6.07, 6.45) is 0. The van der Waals surface area contributed by atoms with Crippen molar-refractivity contribution in [1.29, 1.82) is 0 Å². The molecule has 0 aliphatic carbocycles. The molecule has 2 N–H and O–H groups in total. The lowest BCUT2D eigenvalue weighted by Crippen LogP contribution is -2.14. The largest absolute Gasteiger partial charge is 0.496 e. The molecule has 1 atom stereocenters. The summed E-state index contributed by atoms with van der Waals surface area (Å²) >= 11 is 6.32. The number of halogens is 1. The first-order chi connectivity index (χ1) is 9.45. The number of ether oxygens (including phenoxy) is 1.